The molecular formula is C22H21NO4. The van der Waals surface area contributed by atoms with Crippen molar-refractivity contribution in [1.29, 1.82) is 0 Å². The molecule has 0 aliphatic heterocycles. The first-order valence-electron chi connectivity index (χ1n) is 8.59. The molecular weight excluding hydrogens is 342 g/mol. The number of amides is 1. The quantitative estimate of drug-likeness (QED) is 0.692. The molecule has 2 N–H and O–H groups in total. The first-order chi connectivity index (χ1) is 12.7. The van der Waals surface area contributed by atoms with E-state index in [1.165, 1.54) is 19.4 Å². The highest BCUT2D eigenvalue weighted by atomic mass is 16.5. The summed E-state index contributed by atoms with van der Waals surface area (Å²) in [6, 6.07) is 18.3. The smallest absolute Gasteiger partial charge is 0.347 e. The van der Waals surface area contributed by atoms with Crippen LogP contribution in [-0.2, 0) is 4.79 Å². The Bertz CT molecular complexity index is 1010. The number of carboxylic acids is 1. The maximum absolute atomic E-state index is 12.5. The third-order valence-electron chi connectivity index (χ3n) is 4.26. The highest BCUT2D eigenvalue weighted by Gasteiger charge is 2.29. The molecule has 0 heterocycles. The van der Waals surface area contributed by atoms with Gasteiger partial charge in [-0.2, -0.15) is 0 Å². The van der Waals surface area contributed by atoms with E-state index >= 15 is 0 Å². The Balaban J connectivity index is 1.72. The number of rotatable bonds is 5. The second-order valence-electron chi connectivity index (χ2n) is 6.96. The monoisotopic (exact) mass is 363 g/mol. The van der Waals surface area contributed by atoms with E-state index in [1.54, 1.807) is 30.3 Å². The number of anilines is 1. The number of fused-ring (bicyclic) bond motifs is 1. The molecule has 5 heteroatoms. The van der Waals surface area contributed by atoms with Crippen molar-refractivity contribution in [3.8, 4) is 5.75 Å². The maximum Gasteiger partial charge on any atom is 0.347 e. The number of carbonyl (C=O) groups is 2. The molecule has 0 aromatic heterocycles. The highest BCUT2D eigenvalue weighted by Crippen LogP contribution is 2.22. The molecule has 0 aliphatic rings. The van der Waals surface area contributed by atoms with E-state index in [1.807, 2.05) is 31.2 Å². The molecule has 3 rings (SSSR count). The van der Waals surface area contributed by atoms with E-state index in [9.17, 15) is 9.59 Å². The normalized spacial score (nSPS) is 11.2. The Morgan fingerprint density at radius 2 is 1.56 bits per heavy atom. The lowest BCUT2D eigenvalue weighted by Gasteiger charge is -2.21. The number of hydrogen-bond acceptors (Lipinski definition) is 3. The van der Waals surface area contributed by atoms with E-state index in [-0.39, 0.29) is 5.91 Å². The molecule has 0 saturated heterocycles. The van der Waals surface area contributed by atoms with Gasteiger partial charge in [0.2, 0.25) is 0 Å². The lowest BCUT2D eigenvalue weighted by atomic mass is 10.0. The lowest BCUT2D eigenvalue weighted by molar-refractivity contribution is -0.152. The van der Waals surface area contributed by atoms with Crippen LogP contribution in [0.25, 0.3) is 10.8 Å². The van der Waals surface area contributed by atoms with Crippen LogP contribution in [0.4, 0.5) is 5.69 Å². The Kier molecular flexibility index (Phi) is 4.86. The lowest BCUT2D eigenvalue weighted by Crippen LogP contribution is -2.37. The second kappa shape index (κ2) is 7.11. The molecule has 0 saturated carbocycles. The van der Waals surface area contributed by atoms with Gasteiger partial charge in [0, 0.05) is 11.3 Å². The van der Waals surface area contributed by atoms with E-state index in [4.69, 9.17) is 9.84 Å². The zero-order valence-electron chi connectivity index (χ0n) is 15.4. The van der Waals surface area contributed by atoms with Crippen molar-refractivity contribution in [3.63, 3.8) is 0 Å². The third kappa shape index (κ3) is 4.26. The third-order valence-corrected chi connectivity index (χ3v) is 4.26. The van der Waals surface area contributed by atoms with Crippen molar-refractivity contribution >= 4 is 28.3 Å². The summed E-state index contributed by atoms with van der Waals surface area (Å²) in [6.45, 7) is 4.99. The van der Waals surface area contributed by atoms with Crippen molar-refractivity contribution in [1.82, 2.24) is 0 Å². The number of nitrogens with one attached hydrogen (secondary N) is 1. The molecule has 0 atom stereocenters. The van der Waals surface area contributed by atoms with Crippen LogP contribution in [0.1, 0.15) is 29.8 Å². The molecule has 0 unspecified atom stereocenters. The Morgan fingerprint density at radius 1 is 0.926 bits per heavy atom. The molecule has 0 fully saturated rings. The molecule has 0 spiro atoms. The fourth-order valence-corrected chi connectivity index (χ4v) is 2.65. The molecule has 0 aliphatic carbocycles. The Morgan fingerprint density at radius 3 is 2.22 bits per heavy atom. The van der Waals surface area contributed by atoms with Gasteiger partial charge in [-0.3, -0.25) is 4.79 Å². The van der Waals surface area contributed by atoms with Gasteiger partial charge < -0.3 is 15.2 Å². The van der Waals surface area contributed by atoms with Crippen LogP contribution in [0.5, 0.6) is 5.75 Å². The van der Waals surface area contributed by atoms with Gasteiger partial charge >= 0.3 is 5.97 Å². The van der Waals surface area contributed by atoms with Gasteiger partial charge in [0.05, 0.1) is 0 Å². The summed E-state index contributed by atoms with van der Waals surface area (Å²) < 4.78 is 5.45. The van der Waals surface area contributed by atoms with Crippen molar-refractivity contribution in [2.45, 2.75) is 26.4 Å². The first-order valence-corrected chi connectivity index (χ1v) is 8.59. The summed E-state index contributed by atoms with van der Waals surface area (Å²) in [6.07, 6.45) is 0. The fraction of sp³-hybridized carbons (Fsp3) is 0.182. The average Bonchev–Trinajstić information content (AvgIpc) is 2.62. The SMILES string of the molecule is Cc1ccc2cc(C(=O)Nc3ccc(OC(C)(C)C(=O)O)cc3)ccc2c1. The summed E-state index contributed by atoms with van der Waals surface area (Å²) in [5.41, 5.74) is 1.02. The molecule has 3 aromatic carbocycles. The van der Waals surface area contributed by atoms with E-state index in [0.29, 0.717) is 17.0 Å². The number of aliphatic carboxylic acids is 1. The number of carbonyl (C=O) groups excluding carboxylic acids is 1. The minimum Gasteiger partial charge on any atom is -0.478 e. The van der Waals surface area contributed by atoms with Gasteiger partial charge in [0.1, 0.15) is 5.75 Å². The maximum atomic E-state index is 12.5. The predicted molar refractivity (Wildman–Crippen MR) is 105 cm³/mol. The van der Waals surface area contributed by atoms with Gasteiger partial charge in [-0.1, -0.05) is 29.8 Å². The standard InChI is InChI=1S/C22H21NO4/c1-14-4-5-16-13-17(7-6-15(16)12-14)20(24)23-18-8-10-19(11-9-18)27-22(2,3)21(25)26/h4-13H,1-3H3,(H,23,24)(H,25,26). The molecule has 3 aromatic rings. The topological polar surface area (TPSA) is 75.6 Å². The number of carboxylic acid groups (broad SMARTS) is 1. The summed E-state index contributed by atoms with van der Waals surface area (Å²) in [4.78, 5) is 23.6. The Labute approximate surface area is 157 Å². The molecule has 138 valence electrons. The van der Waals surface area contributed by atoms with E-state index in [0.717, 1.165) is 10.8 Å². The zero-order valence-corrected chi connectivity index (χ0v) is 15.4. The molecule has 1 amide bonds. The van der Waals surface area contributed by atoms with Crippen molar-refractivity contribution in [2.75, 3.05) is 5.32 Å². The van der Waals surface area contributed by atoms with E-state index in [2.05, 4.69) is 11.4 Å². The van der Waals surface area contributed by atoms with Gasteiger partial charge in [-0.15, -0.1) is 0 Å². The van der Waals surface area contributed by atoms with E-state index < -0.39 is 11.6 Å². The van der Waals surface area contributed by atoms with Crippen LogP contribution in [0.3, 0.4) is 0 Å². The second-order valence-corrected chi connectivity index (χ2v) is 6.96. The largest absolute Gasteiger partial charge is 0.478 e. The predicted octanol–water partition coefficient (Wildman–Crippen LogP) is 4.64. The average molecular weight is 363 g/mol. The number of benzene rings is 3. The zero-order chi connectivity index (χ0) is 19.6. The van der Waals surface area contributed by atoms with Crippen LogP contribution in [0, 0.1) is 6.92 Å². The van der Waals surface area contributed by atoms with Crippen LogP contribution >= 0.6 is 0 Å². The molecule has 0 radical (unpaired) electrons. The number of aryl methyl sites for hydroxylation is 1. The van der Waals surface area contributed by atoms with Crippen LogP contribution in [0.2, 0.25) is 0 Å². The Hall–Kier alpha value is -3.34. The minimum atomic E-state index is -1.33. The molecule has 27 heavy (non-hydrogen) atoms. The van der Waals surface area contributed by atoms with Gasteiger partial charge in [-0.05, 0) is 67.9 Å². The van der Waals surface area contributed by atoms with Gasteiger partial charge in [-0.25, -0.2) is 4.79 Å². The summed E-state index contributed by atoms with van der Waals surface area (Å²) in [5, 5.41) is 14.0. The summed E-state index contributed by atoms with van der Waals surface area (Å²) >= 11 is 0. The van der Waals surface area contributed by atoms with Gasteiger partial charge in [0.15, 0.2) is 5.60 Å². The van der Waals surface area contributed by atoms with Gasteiger partial charge in [0.25, 0.3) is 5.91 Å². The highest BCUT2D eigenvalue weighted by molar-refractivity contribution is 6.06. The van der Waals surface area contributed by atoms with Crippen LogP contribution in [-0.4, -0.2) is 22.6 Å². The van der Waals surface area contributed by atoms with Crippen LogP contribution < -0.4 is 10.1 Å². The number of ether oxygens (including phenoxy) is 1. The fourth-order valence-electron chi connectivity index (χ4n) is 2.65. The van der Waals surface area contributed by atoms with Crippen molar-refractivity contribution in [3.05, 3.63) is 71.8 Å². The first kappa shape index (κ1) is 18.5. The number of hydrogen-bond donors (Lipinski definition) is 2. The minimum absolute atomic E-state index is 0.211. The van der Waals surface area contributed by atoms with Crippen molar-refractivity contribution in [2.24, 2.45) is 0 Å². The van der Waals surface area contributed by atoms with Crippen molar-refractivity contribution < 1.29 is 19.4 Å². The molecule has 5 nitrogen and oxygen atoms in total. The molecule has 0 bridgehead atoms. The summed E-state index contributed by atoms with van der Waals surface area (Å²) in [5.74, 6) is -0.843. The summed E-state index contributed by atoms with van der Waals surface area (Å²) in [7, 11) is 0. The van der Waals surface area contributed by atoms with Crippen LogP contribution in [0.15, 0.2) is 60.7 Å².